The predicted octanol–water partition coefficient (Wildman–Crippen LogP) is 4.95. The first-order chi connectivity index (χ1) is 12.2. The zero-order chi connectivity index (χ0) is 17.5. The molecule has 0 saturated carbocycles. The average Bonchev–Trinajstić information content (AvgIpc) is 2.67. The van der Waals surface area contributed by atoms with E-state index in [1.54, 1.807) is 0 Å². The smallest absolute Gasteiger partial charge is 0.112 e. The van der Waals surface area contributed by atoms with Crippen molar-refractivity contribution in [2.45, 2.75) is 17.4 Å². The SMILES string of the molecule is SC(S)CCC[P+](c1ccccc1)(c1ccccc1)c1ccccc1. The molecular weight excluding hydrogens is 359 g/mol. The Morgan fingerprint density at radius 2 is 0.960 bits per heavy atom. The van der Waals surface area contributed by atoms with Crippen LogP contribution in [0.15, 0.2) is 91.0 Å². The van der Waals surface area contributed by atoms with Crippen LogP contribution in [0.4, 0.5) is 0 Å². The first-order valence-corrected chi connectivity index (χ1v) is 11.7. The van der Waals surface area contributed by atoms with Crippen molar-refractivity contribution < 1.29 is 0 Å². The van der Waals surface area contributed by atoms with Crippen molar-refractivity contribution in [3.8, 4) is 0 Å². The molecule has 0 radical (unpaired) electrons. The minimum atomic E-state index is -1.68. The fourth-order valence-corrected chi connectivity index (χ4v) is 8.13. The maximum atomic E-state index is 4.47. The third kappa shape index (κ3) is 4.31. The largest absolute Gasteiger partial charge is 0.165 e. The predicted molar refractivity (Wildman–Crippen MR) is 121 cm³/mol. The second-order valence-electron chi connectivity index (χ2n) is 6.16. The topological polar surface area (TPSA) is 0 Å². The van der Waals surface area contributed by atoms with E-state index in [0.29, 0.717) is 0 Å². The maximum absolute atomic E-state index is 4.47. The van der Waals surface area contributed by atoms with Crippen molar-refractivity contribution >= 4 is 48.4 Å². The van der Waals surface area contributed by atoms with Gasteiger partial charge in [0.2, 0.25) is 0 Å². The molecular formula is C22H24PS2+. The molecule has 0 aliphatic carbocycles. The van der Waals surface area contributed by atoms with E-state index in [-0.39, 0.29) is 4.58 Å². The highest BCUT2D eigenvalue weighted by atomic mass is 32.2. The minimum Gasteiger partial charge on any atom is -0.165 e. The van der Waals surface area contributed by atoms with Gasteiger partial charge in [-0.15, -0.1) is 0 Å². The average molecular weight is 384 g/mol. The van der Waals surface area contributed by atoms with Crippen molar-refractivity contribution in [2.75, 3.05) is 6.16 Å². The minimum absolute atomic E-state index is 0.143. The highest BCUT2D eigenvalue weighted by molar-refractivity contribution is 7.99. The molecule has 0 N–H and O–H groups in total. The molecule has 0 aromatic heterocycles. The summed E-state index contributed by atoms with van der Waals surface area (Å²) in [5.74, 6) is 0. The third-order valence-corrected chi connectivity index (χ3v) is 9.59. The molecule has 3 heteroatoms. The first kappa shape index (κ1) is 18.6. The lowest BCUT2D eigenvalue weighted by Crippen LogP contribution is -2.33. The third-order valence-electron chi connectivity index (χ3n) is 4.55. The van der Waals surface area contributed by atoms with E-state index in [4.69, 9.17) is 0 Å². The summed E-state index contributed by atoms with van der Waals surface area (Å²) in [4.78, 5) is 0. The Labute approximate surface area is 162 Å². The molecule has 0 nitrogen and oxygen atoms in total. The van der Waals surface area contributed by atoms with Gasteiger partial charge in [-0.2, -0.15) is 25.3 Å². The van der Waals surface area contributed by atoms with Gasteiger partial charge in [-0.05, 0) is 49.2 Å². The molecule has 3 aromatic carbocycles. The van der Waals surface area contributed by atoms with Gasteiger partial charge in [-0.1, -0.05) is 54.6 Å². The number of rotatable bonds is 7. The number of benzene rings is 3. The molecule has 0 fully saturated rings. The van der Waals surface area contributed by atoms with Crippen molar-refractivity contribution in [3.05, 3.63) is 91.0 Å². The lowest BCUT2D eigenvalue weighted by molar-refractivity contribution is 0.881. The maximum Gasteiger partial charge on any atom is 0.112 e. The van der Waals surface area contributed by atoms with Gasteiger partial charge in [-0.3, -0.25) is 0 Å². The quantitative estimate of drug-likeness (QED) is 0.322. The first-order valence-electron chi connectivity index (χ1n) is 8.64. The molecule has 0 aliphatic heterocycles. The van der Waals surface area contributed by atoms with Gasteiger partial charge in [0.05, 0.1) is 6.16 Å². The van der Waals surface area contributed by atoms with Crippen LogP contribution >= 0.6 is 32.5 Å². The van der Waals surface area contributed by atoms with Gasteiger partial charge in [0.25, 0.3) is 0 Å². The Bertz CT molecular complexity index is 661. The second-order valence-corrected chi connectivity index (χ2v) is 11.4. The summed E-state index contributed by atoms with van der Waals surface area (Å²) in [6, 6.07) is 33.1. The molecule has 0 saturated heterocycles. The van der Waals surface area contributed by atoms with E-state index in [1.165, 1.54) is 15.9 Å². The Balaban J connectivity index is 2.16. The molecule has 0 unspecified atom stereocenters. The standard InChI is InChI=1S/C22H23PS2/c24-22(25)17-10-18-23(19-11-4-1-5-12-19,20-13-6-2-7-14-20)21-15-8-3-9-16-21/h1-9,11-16,22H,10,17-18H2,(H-,24,25)/p+1. The summed E-state index contributed by atoms with van der Waals surface area (Å²) in [6.45, 7) is 0. The summed E-state index contributed by atoms with van der Waals surface area (Å²) in [5, 5.41) is 4.34. The number of hydrogen-bond acceptors (Lipinski definition) is 2. The Hall–Kier alpha value is -1.21. The molecule has 128 valence electrons. The zero-order valence-corrected chi connectivity index (χ0v) is 16.9. The Kier molecular flexibility index (Phi) is 6.64. The lowest BCUT2D eigenvalue weighted by Gasteiger charge is -2.28. The molecule has 0 heterocycles. The summed E-state index contributed by atoms with van der Waals surface area (Å²) < 4.78 is 0.143. The van der Waals surface area contributed by atoms with Crippen LogP contribution in [0.3, 0.4) is 0 Å². The summed E-state index contributed by atoms with van der Waals surface area (Å²) in [6.07, 6.45) is 3.27. The van der Waals surface area contributed by atoms with E-state index in [0.717, 1.165) is 19.0 Å². The summed E-state index contributed by atoms with van der Waals surface area (Å²) in [7, 11) is -1.68. The Morgan fingerprint density at radius 1 is 0.600 bits per heavy atom. The van der Waals surface area contributed by atoms with Gasteiger partial charge in [0.15, 0.2) is 0 Å². The fraction of sp³-hybridized carbons (Fsp3) is 0.182. The Morgan fingerprint density at radius 3 is 1.28 bits per heavy atom. The number of thiol groups is 2. The molecule has 25 heavy (non-hydrogen) atoms. The van der Waals surface area contributed by atoms with Gasteiger partial charge in [-0.25, -0.2) is 0 Å². The number of hydrogen-bond donors (Lipinski definition) is 2. The molecule has 0 aliphatic rings. The van der Waals surface area contributed by atoms with Crippen LogP contribution in [0, 0.1) is 0 Å². The molecule has 3 aromatic rings. The van der Waals surface area contributed by atoms with Gasteiger partial charge >= 0.3 is 0 Å². The van der Waals surface area contributed by atoms with E-state index < -0.39 is 7.26 Å². The van der Waals surface area contributed by atoms with E-state index in [2.05, 4.69) is 116 Å². The van der Waals surface area contributed by atoms with Crippen molar-refractivity contribution in [2.24, 2.45) is 0 Å². The molecule has 0 bridgehead atoms. The molecule has 0 atom stereocenters. The van der Waals surface area contributed by atoms with Crippen molar-refractivity contribution in [1.82, 2.24) is 0 Å². The van der Waals surface area contributed by atoms with Gasteiger partial charge < -0.3 is 0 Å². The molecule has 3 rings (SSSR count). The monoisotopic (exact) mass is 383 g/mol. The highest BCUT2D eigenvalue weighted by Crippen LogP contribution is 2.56. The molecule has 0 spiro atoms. The van der Waals surface area contributed by atoms with Crippen LogP contribution in [-0.4, -0.2) is 10.7 Å². The van der Waals surface area contributed by atoms with Crippen LogP contribution in [0.2, 0.25) is 0 Å². The van der Waals surface area contributed by atoms with Gasteiger partial charge in [0.1, 0.15) is 23.2 Å². The molecule has 0 amide bonds. The van der Waals surface area contributed by atoms with Gasteiger partial charge in [0, 0.05) is 4.58 Å². The zero-order valence-electron chi connectivity index (χ0n) is 14.2. The lowest BCUT2D eigenvalue weighted by atomic mass is 10.3. The summed E-state index contributed by atoms with van der Waals surface area (Å²) in [5.41, 5.74) is 0. The van der Waals surface area contributed by atoms with E-state index in [1.807, 2.05) is 0 Å². The van der Waals surface area contributed by atoms with Crippen molar-refractivity contribution in [3.63, 3.8) is 0 Å². The van der Waals surface area contributed by atoms with Crippen LogP contribution in [0.25, 0.3) is 0 Å². The van der Waals surface area contributed by atoms with E-state index >= 15 is 0 Å². The highest BCUT2D eigenvalue weighted by Gasteiger charge is 2.44. The fourth-order valence-electron chi connectivity index (χ4n) is 3.39. The van der Waals surface area contributed by atoms with Crippen LogP contribution in [0.5, 0.6) is 0 Å². The van der Waals surface area contributed by atoms with Crippen LogP contribution < -0.4 is 15.9 Å². The van der Waals surface area contributed by atoms with Crippen LogP contribution in [-0.2, 0) is 0 Å². The summed E-state index contributed by atoms with van der Waals surface area (Å²) >= 11 is 8.93. The van der Waals surface area contributed by atoms with Crippen molar-refractivity contribution in [1.29, 1.82) is 0 Å². The van der Waals surface area contributed by atoms with Crippen LogP contribution in [0.1, 0.15) is 12.8 Å². The second kappa shape index (κ2) is 8.94. The van der Waals surface area contributed by atoms with E-state index in [9.17, 15) is 0 Å². The normalized spacial score (nSPS) is 11.6.